The number of aryl methyl sites for hydroxylation is 2. The van der Waals surface area contributed by atoms with Gasteiger partial charge in [-0.15, -0.1) is 0 Å². The molecule has 0 spiro atoms. The molecule has 4 nitrogen and oxygen atoms in total. The molecular formula is C24H32N2O2S2. The number of amides is 2. The van der Waals surface area contributed by atoms with Gasteiger partial charge in [-0.1, -0.05) is 63.8 Å². The van der Waals surface area contributed by atoms with E-state index >= 15 is 0 Å². The van der Waals surface area contributed by atoms with Gasteiger partial charge in [0.05, 0.1) is 33.3 Å². The van der Waals surface area contributed by atoms with Crippen LogP contribution in [-0.2, 0) is 22.4 Å². The molecule has 0 aliphatic rings. The Kier molecular flexibility index (Phi) is 11.5. The van der Waals surface area contributed by atoms with Gasteiger partial charge in [0.2, 0.25) is 12.8 Å². The summed E-state index contributed by atoms with van der Waals surface area (Å²) in [6.45, 7) is 4.40. The predicted octanol–water partition coefficient (Wildman–Crippen LogP) is 6.99. The van der Waals surface area contributed by atoms with Crippen LogP contribution in [0.4, 0.5) is 11.4 Å². The van der Waals surface area contributed by atoms with Crippen LogP contribution in [0.1, 0.15) is 63.5 Å². The van der Waals surface area contributed by atoms with Gasteiger partial charge in [0.25, 0.3) is 0 Å². The molecule has 0 unspecified atom stereocenters. The minimum Gasteiger partial charge on any atom is -0.277 e. The number of hydrogen-bond donors (Lipinski definition) is 0. The molecule has 162 valence electrons. The molecule has 0 radical (unpaired) electrons. The van der Waals surface area contributed by atoms with Crippen LogP contribution in [0.15, 0.2) is 48.5 Å². The molecule has 0 bridgehead atoms. The second kappa shape index (κ2) is 14.1. The van der Waals surface area contributed by atoms with Crippen molar-refractivity contribution in [2.45, 2.75) is 65.2 Å². The van der Waals surface area contributed by atoms with E-state index in [1.54, 1.807) is 0 Å². The van der Waals surface area contributed by atoms with E-state index in [4.69, 9.17) is 0 Å². The largest absolute Gasteiger partial charge is 0.277 e. The molecule has 0 atom stereocenters. The van der Waals surface area contributed by atoms with E-state index in [9.17, 15) is 9.59 Å². The van der Waals surface area contributed by atoms with Crippen LogP contribution in [-0.4, -0.2) is 12.8 Å². The Morgan fingerprint density at radius 3 is 1.30 bits per heavy atom. The van der Waals surface area contributed by atoms with E-state index in [1.807, 2.05) is 24.3 Å². The molecule has 0 aliphatic heterocycles. The Morgan fingerprint density at radius 1 is 0.633 bits per heavy atom. The molecule has 0 heterocycles. The number of carbonyl (C=O) groups excluding carboxylic acids is 2. The molecule has 0 saturated carbocycles. The number of hydrogen-bond acceptors (Lipinski definition) is 4. The molecule has 0 aliphatic carbocycles. The summed E-state index contributed by atoms with van der Waals surface area (Å²) in [5.74, 6) is 0. The number of nitrogens with zero attached hydrogens (tertiary/aromatic N) is 2. The molecule has 2 aromatic carbocycles. The van der Waals surface area contributed by atoms with Gasteiger partial charge in [-0.2, -0.15) is 0 Å². The smallest absolute Gasteiger partial charge is 0.224 e. The number of unbranched alkanes of at least 4 members (excludes halogenated alkanes) is 4. The molecular weight excluding hydrogens is 412 g/mol. The predicted molar refractivity (Wildman–Crippen MR) is 132 cm³/mol. The van der Waals surface area contributed by atoms with Gasteiger partial charge < -0.3 is 0 Å². The number of carbonyl (C=O) groups is 2. The summed E-state index contributed by atoms with van der Waals surface area (Å²) in [4.78, 5) is 23.2. The monoisotopic (exact) mass is 444 g/mol. The maximum atomic E-state index is 11.6. The zero-order valence-corrected chi connectivity index (χ0v) is 19.6. The van der Waals surface area contributed by atoms with Gasteiger partial charge in [-0.3, -0.25) is 9.59 Å². The topological polar surface area (TPSA) is 40.6 Å². The molecule has 6 heteroatoms. The molecule has 30 heavy (non-hydrogen) atoms. The van der Waals surface area contributed by atoms with E-state index < -0.39 is 0 Å². The van der Waals surface area contributed by atoms with Gasteiger partial charge in [0.15, 0.2) is 0 Å². The second-order valence-corrected chi connectivity index (χ2v) is 9.24. The Bertz CT molecular complexity index is 685. The van der Waals surface area contributed by atoms with Crippen LogP contribution < -0.4 is 8.61 Å². The van der Waals surface area contributed by atoms with E-state index in [2.05, 4.69) is 38.1 Å². The van der Waals surface area contributed by atoms with Crippen molar-refractivity contribution in [2.24, 2.45) is 0 Å². The van der Waals surface area contributed by atoms with Crippen LogP contribution in [0.25, 0.3) is 0 Å². The summed E-state index contributed by atoms with van der Waals surface area (Å²) in [7, 11) is 2.45. The van der Waals surface area contributed by atoms with Crippen LogP contribution in [0, 0.1) is 0 Å². The third-order valence-corrected chi connectivity index (χ3v) is 7.05. The lowest BCUT2D eigenvalue weighted by Gasteiger charge is -2.20. The molecule has 0 aromatic heterocycles. The summed E-state index contributed by atoms with van der Waals surface area (Å²) in [5.41, 5.74) is 4.17. The number of anilines is 2. The molecule has 2 aromatic rings. The highest BCUT2D eigenvalue weighted by atomic mass is 33.1. The molecule has 0 N–H and O–H groups in total. The van der Waals surface area contributed by atoms with Crippen molar-refractivity contribution in [1.29, 1.82) is 0 Å². The van der Waals surface area contributed by atoms with E-state index in [0.29, 0.717) is 0 Å². The van der Waals surface area contributed by atoms with Gasteiger partial charge in [-0.05, 0) is 61.1 Å². The van der Waals surface area contributed by atoms with Crippen molar-refractivity contribution < 1.29 is 9.59 Å². The van der Waals surface area contributed by atoms with E-state index in [1.165, 1.54) is 80.2 Å². The SMILES string of the molecule is CCCCCc1ccc(N(C=O)SSN(C=O)c2ccc(CCCCC)cc2)cc1. The molecule has 2 rings (SSSR count). The van der Waals surface area contributed by atoms with E-state index in [0.717, 1.165) is 37.0 Å². The number of rotatable bonds is 15. The highest BCUT2D eigenvalue weighted by molar-refractivity contribution is 8.78. The minimum atomic E-state index is 0.781. The van der Waals surface area contributed by atoms with Gasteiger partial charge in [0, 0.05) is 0 Å². The zero-order chi connectivity index (χ0) is 21.6. The fourth-order valence-corrected chi connectivity index (χ4v) is 4.88. The van der Waals surface area contributed by atoms with Crippen molar-refractivity contribution in [2.75, 3.05) is 8.61 Å². The second-order valence-electron chi connectivity index (χ2n) is 7.26. The van der Waals surface area contributed by atoms with Crippen molar-refractivity contribution in [1.82, 2.24) is 0 Å². The lowest BCUT2D eigenvalue weighted by atomic mass is 10.1. The fraction of sp³-hybridized carbons (Fsp3) is 0.417. The summed E-state index contributed by atoms with van der Waals surface area (Å²) in [5, 5.41) is 0. The average molecular weight is 445 g/mol. The first-order valence-corrected chi connectivity index (χ1v) is 12.8. The highest BCUT2D eigenvalue weighted by Crippen LogP contribution is 2.35. The van der Waals surface area contributed by atoms with Crippen LogP contribution in [0.5, 0.6) is 0 Å². The fourth-order valence-electron chi connectivity index (χ4n) is 3.09. The van der Waals surface area contributed by atoms with Crippen LogP contribution >= 0.6 is 22.0 Å². The van der Waals surface area contributed by atoms with Crippen molar-refractivity contribution in [3.05, 3.63) is 59.7 Å². The Hall–Kier alpha value is -1.92. The minimum absolute atomic E-state index is 0.781. The first-order chi connectivity index (χ1) is 14.7. The van der Waals surface area contributed by atoms with Crippen molar-refractivity contribution in [3.8, 4) is 0 Å². The summed E-state index contributed by atoms with van der Waals surface area (Å²) in [6.07, 6.45) is 10.9. The standard InChI is InChI=1S/C24H32N2O2S2/c1-3-5-7-9-21-11-15-23(16-12-21)25(19-27)29-30-26(20-28)24-17-13-22(14-18-24)10-8-6-4-2/h11-20H,3-10H2,1-2H3. The Labute approximate surface area is 189 Å². The maximum absolute atomic E-state index is 11.6. The third kappa shape index (κ3) is 8.07. The maximum Gasteiger partial charge on any atom is 0.224 e. The van der Waals surface area contributed by atoms with Crippen molar-refractivity contribution in [3.63, 3.8) is 0 Å². The lowest BCUT2D eigenvalue weighted by Crippen LogP contribution is -2.15. The summed E-state index contributed by atoms with van der Waals surface area (Å²) in [6, 6.07) is 16.1. The average Bonchev–Trinajstić information content (AvgIpc) is 2.79. The van der Waals surface area contributed by atoms with Gasteiger partial charge in [0.1, 0.15) is 0 Å². The summed E-state index contributed by atoms with van der Waals surface area (Å²) < 4.78 is 3.08. The van der Waals surface area contributed by atoms with Crippen LogP contribution in [0.3, 0.4) is 0 Å². The first kappa shape index (κ1) is 24.4. The van der Waals surface area contributed by atoms with Gasteiger partial charge >= 0.3 is 0 Å². The normalized spacial score (nSPS) is 10.6. The quantitative estimate of drug-likeness (QED) is 0.128. The zero-order valence-electron chi connectivity index (χ0n) is 18.0. The Balaban J connectivity index is 1.91. The van der Waals surface area contributed by atoms with Gasteiger partial charge in [-0.25, -0.2) is 8.61 Å². The highest BCUT2D eigenvalue weighted by Gasteiger charge is 2.12. The Morgan fingerprint density at radius 2 is 1.00 bits per heavy atom. The van der Waals surface area contributed by atoms with E-state index in [-0.39, 0.29) is 0 Å². The molecule has 2 amide bonds. The first-order valence-electron chi connectivity index (χ1n) is 10.7. The lowest BCUT2D eigenvalue weighted by molar-refractivity contribution is -0.107. The van der Waals surface area contributed by atoms with Crippen LogP contribution in [0.2, 0.25) is 0 Å². The molecule has 0 saturated heterocycles. The third-order valence-electron chi connectivity index (χ3n) is 4.91. The number of benzene rings is 2. The van der Waals surface area contributed by atoms with Crippen molar-refractivity contribution >= 4 is 46.2 Å². The molecule has 0 fully saturated rings. The summed E-state index contributed by atoms with van der Waals surface area (Å²) >= 11 is 0.